The maximum Gasteiger partial charge on any atom is 0.413 e. The van der Waals surface area contributed by atoms with Crippen molar-refractivity contribution in [2.45, 2.75) is 6.54 Å². The van der Waals surface area contributed by atoms with Gasteiger partial charge in [-0.2, -0.15) is 0 Å². The third kappa shape index (κ3) is 5.18. The first-order chi connectivity index (χ1) is 9.46. The summed E-state index contributed by atoms with van der Waals surface area (Å²) in [7, 11) is 4.58. The highest BCUT2D eigenvalue weighted by Crippen LogP contribution is 2.23. The van der Waals surface area contributed by atoms with E-state index in [1.54, 1.807) is 19.1 Å². The van der Waals surface area contributed by atoms with Gasteiger partial charge >= 0.3 is 6.09 Å². The van der Waals surface area contributed by atoms with Crippen LogP contribution in [0.2, 0.25) is 0 Å². The lowest BCUT2D eigenvalue weighted by molar-refractivity contribution is -0.121. The van der Waals surface area contributed by atoms with Gasteiger partial charge in [0.05, 0.1) is 20.8 Å². The van der Waals surface area contributed by atoms with Gasteiger partial charge in [-0.3, -0.25) is 15.0 Å². The number of nitrogens with one attached hydrogen (secondary N) is 1. The van der Waals surface area contributed by atoms with Crippen molar-refractivity contribution in [3.63, 3.8) is 0 Å². The number of likely N-dealkylation sites (N-methyl/N-ethyl adjacent to an activating group) is 1. The molecule has 0 radical (unpaired) electrons. The number of hydrogen-bond acceptors (Lipinski definition) is 5. The molecule has 2 amide bonds. The first kappa shape index (κ1) is 16.5. The minimum Gasteiger partial charge on any atom is -0.496 e. The summed E-state index contributed by atoms with van der Waals surface area (Å²) >= 11 is 3.39. The molecule has 1 aromatic rings. The van der Waals surface area contributed by atoms with Crippen LogP contribution in [0.15, 0.2) is 22.7 Å². The van der Waals surface area contributed by atoms with Crippen LogP contribution in [0.1, 0.15) is 5.56 Å². The number of methoxy groups -OCH3 is 2. The fourth-order valence-electron chi connectivity index (χ4n) is 1.67. The number of ether oxygens (including phenoxy) is 2. The van der Waals surface area contributed by atoms with Crippen LogP contribution < -0.4 is 10.1 Å². The number of amides is 2. The maximum absolute atomic E-state index is 11.5. The lowest BCUT2D eigenvalue weighted by Crippen LogP contribution is -2.38. The SMILES string of the molecule is COC(=O)NC(=O)CN(C)Cc1cc(Br)ccc1OC. The van der Waals surface area contributed by atoms with Gasteiger partial charge in [0.15, 0.2) is 0 Å². The summed E-state index contributed by atoms with van der Waals surface area (Å²) in [6.07, 6.45) is -0.761. The molecule has 0 aliphatic rings. The Balaban J connectivity index is 2.62. The molecule has 1 aromatic carbocycles. The monoisotopic (exact) mass is 344 g/mol. The van der Waals surface area contributed by atoms with Gasteiger partial charge in [0.25, 0.3) is 0 Å². The summed E-state index contributed by atoms with van der Waals surface area (Å²) in [5, 5.41) is 2.10. The first-order valence-corrected chi connectivity index (χ1v) is 6.64. The molecule has 0 atom stereocenters. The van der Waals surface area contributed by atoms with Crippen molar-refractivity contribution in [2.24, 2.45) is 0 Å². The number of imide groups is 1. The summed E-state index contributed by atoms with van der Waals surface area (Å²) in [5.41, 5.74) is 0.940. The standard InChI is InChI=1S/C13H17BrN2O4/c1-16(8-12(17)15-13(18)20-3)7-9-6-10(14)4-5-11(9)19-2/h4-6H,7-8H2,1-3H3,(H,15,17,18). The van der Waals surface area contributed by atoms with E-state index in [0.29, 0.717) is 6.54 Å². The quantitative estimate of drug-likeness (QED) is 0.881. The van der Waals surface area contributed by atoms with Gasteiger partial charge in [-0.25, -0.2) is 4.79 Å². The van der Waals surface area contributed by atoms with Crippen LogP contribution in [0, 0.1) is 0 Å². The van der Waals surface area contributed by atoms with Crippen molar-refractivity contribution in [3.05, 3.63) is 28.2 Å². The Morgan fingerprint density at radius 1 is 1.35 bits per heavy atom. The van der Waals surface area contributed by atoms with E-state index in [9.17, 15) is 9.59 Å². The van der Waals surface area contributed by atoms with Crippen molar-refractivity contribution in [1.82, 2.24) is 10.2 Å². The predicted octanol–water partition coefficient (Wildman–Crippen LogP) is 1.77. The highest BCUT2D eigenvalue weighted by molar-refractivity contribution is 9.10. The van der Waals surface area contributed by atoms with Gasteiger partial charge in [0, 0.05) is 16.6 Å². The Bertz CT molecular complexity index is 493. The average molecular weight is 345 g/mol. The molecule has 0 spiro atoms. The summed E-state index contributed by atoms with van der Waals surface area (Å²) in [6, 6.07) is 5.65. The zero-order chi connectivity index (χ0) is 15.1. The second-order valence-electron chi connectivity index (χ2n) is 4.17. The lowest BCUT2D eigenvalue weighted by atomic mass is 10.2. The number of carbonyl (C=O) groups is 2. The zero-order valence-corrected chi connectivity index (χ0v) is 13.2. The van der Waals surface area contributed by atoms with Gasteiger partial charge in [-0.05, 0) is 25.2 Å². The zero-order valence-electron chi connectivity index (χ0n) is 11.6. The van der Waals surface area contributed by atoms with E-state index in [1.807, 2.05) is 18.2 Å². The maximum atomic E-state index is 11.5. The highest BCUT2D eigenvalue weighted by Gasteiger charge is 2.12. The molecule has 1 N–H and O–H groups in total. The molecule has 0 saturated heterocycles. The van der Waals surface area contributed by atoms with Gasteiger partial charge in [-0.15, -0.1) is 0 Å². The van der Waals surface area contributed by atoms with E-state index in [-0.39, 0.29) is 6.54 Å². The third-order valence-corrected chi connectivity index (χ3v) is 3.02. The Labute approximate surface area is 126 Å². The Hall–Kier alpha value is -1.60. The number of benzene rings is 1. The van der Waals surface area contributed by atoms with Crippen LogP contribution in [0.3, 0.4) is 0 Å². The molecule has 0 aliphatic carbocycles. The van der Waals surface area contributed by atoms with E-state index in [2.05, 4.69) is 26.0 Å². The minimum atomic E-state index is -0.761. The molecule has 0 aromatic heterocycles. The summed E-state index contributed by atoms with van der Waals surface area (Å²) in [5.74, 6) is 0.321. The van der Waals surface area contributed by atoms with Crippen LogP contribution in [-0.4, -0.2) is 44.7 Å². The average Bonchev–Trinajstić information content (AvgIpc) is 2.38. The number of rotatable bonds is 5. The molecule has 0 heterocycles. The van der Waals surface area contributed by atoms with Crippen LogP contribution in [0.5, 0.6) is 5.75 Å². The summed E-state index contributed by atoms with van der Waals surface area (Å²) < 4.78 is 10.6. The molecule has 1 rings (SSSR count). The smallest absolute Gasteiger partial charge is 0.413 e. The Kier molecular flexibility index (Phi) is 6.47. The summed E-state index contributed by atoms with van der Waals surface area (Å²) in [6.45, 7) is 0.585. The van der Waals surface area contributed by atoms with E-state index >= 15 is 0 Å². The molecule has 7 heteroatoms. The third-order valence-electron chi connectivity index (χ3n) is 2.52. The molecule has 110 valence electrons. The van der Waals surface area contributed by atoms with Gasteiger partial charge < -0.3 is 9.47 Å². The van der Waals surface area contributed by atoms with Crippen molar-refractivity contribution in [1.29, 1.82) is 0 Å². The highest BCUT2D eigenvalue weighted by atomic mass is 79.9. The van der Waals surface area contributed by atoms with Gasteiger partial charge in [0.1, 0.15) is 5.75 Å². The van der Waals surface area contributed by atoms with Crippen LogP contribution in [0.25, 0.3) is 0 Å². The second-order valence-corrected chi connectivity index (χ2v) is 5.08. The normalized spacial score (nSPS) is 10.2. The van der Waals surface area contributed by atoms with Crippen molar-refractivity contribution < 1.29 is 19.1 Å². The predicted molar refractivity (Wildman–Crippen MR) is 77.6 cm³/mol. The van der Waals surface area contributed by atoms with Crippen LogP contribution >= 0.6 is 15.9 Å². The number of alkyl carbamates (subject to hydrolysis) is 1. The number of nitrogens with zero attached hydrogens (tertiary/aromatic N) is 1. The fourth-order valence-corrected chi connectivity index (χ4v) is 2.08. The Morgan fingerprint density at radius 3 is 2.65 bits per heavy atom. The molecular formula is C13H17BrN2O4. The minimum absolute atomic E-state index is 0.0742. The van der Waals surface area contributed by atoms with Crippen molar-refractivity contribution >= 4 is 27.9 Å². The van der Waals surface area contributed by atoms with Crippen LogP contribution in [-0.2, 0) is 16.1 Å². The molecule has 0 fully saturated rings. The number of carbonyl (C=O) groups excluding carboxylic acids is 2. The lowest BCUT2D eigenvalue weighted by Gasteiger charge is -2.17. The van der Waals surface area contributed by atoms with Gasteiger partial charge in [0.2, 0.25) is 5.91 Å². The van der Waals surface area contributed by atoms with E-state index in [1.165, 1.54) is 7.11 Å². The molecule has 0 unspecified atom stereocenters. The molecule has 0 bridgehead atoms. The molecule has 0 saturated carbocycles. The van der Waals surface area contributed by atoms with Gasteiger partial charge in [-0.1, -0.05) is 15.9 Å². The van der Waals surface area contributed by atoms with E-state index < -0.39 is 12.0 Å². The first-order valence-electron chi connectivity index (χ1n) is 5.85. The number of halogens is 1. The van der Waals surface area contributed by atoms with Crippen molar-refractivity contribution in [3.8, 4) is 5.75 Å². The second kappa shape index (κ2) is 7.86. The largest absolute Gasteiger partial charge is 0.496 e. The summed E-state index contributed by atoms with van der Waals surface area (Å²) in [4.78, 5) is 24.2. The number of hydrogen-bond donors (Lipinski definition) is 1. The fraction of sp³-hybridized carbons (Fsp3) is 0.385. The van der Waals surface area contributed by atoms with E-state index in [4.69, 9.17) is 4.74 Å². The molecule has 0 aliphatic heterocycles. The van der Waals surface area contributed by atoms with Crippen molar-refractivity contribution in [2.75, 3.05) is 27.8 Å². The molecule has 6 nitrogen and oxygen atoms in total. The Morgan fingerprint density at radius 2 is 2.05 bits per heavy atom. The molecule has 20 heavy (non-hydrogen) atoms. The van der Waals surface area contributed by atoms with Crippen LogP contribution in [0.4, 0.5) is 4.79 Å². The molecular weight excluding hydrogens is 328 g/mol. The van der Waals surface area contributed by atoms with E-state index in [0.717, 1.165) is 15.8 Å². The topological polar surface area (TPSA) is 67.9 Å².